The van der Waals surface area contributed by atoms with Crippen molar-refractivity contribution in [1.82, 2.24) is 10.3 Å². The molecule has 2 atom stereocenters. The van der Waals surface area contributed by atoms with E-state index in [9.17, 15) is 14.0 Å². The van der Waals surface area contributed by atoms with Crippen LogP contribution in [0.5, 0.6) is 0 Å². The van der Waals surface area contributed by atoms with Crippen molar-refractivity contribution >= 4 is 22.6 Å². The number of fused-ring (bicyclic) bond motifs is 1. The fourth-order valence-corrected chi connectivity index (χ4v) is 4.31. The first-order valence-corrected chi connectivity index (χ1v) is 10.7. The van der Waals surface area contributed by atoms with Gasteiger partial charge in [0.1, 0.15) is 11.6 Å². The van der Waals surface area contributed by atoms with Crippen LogP contribution in [0.25, 0.3) is 10.9 Å². The Hall–Kier alpha value is -2.95. The van der Waals surface area contributed by atoms with Crippen LogP contribution in [-0.2, 0) is 22.4 Å². The molecule has 1 aromatic heterocycles. The van der Waals surface area contributed by atoms with Crippen LogP contribution < -0.4 is 5.32 Å². The van der Waals surface area contributed by atoms with E-state index in [1.165, 1.54) is 12.1 Å². The van der Waals surface area contributed by atoms with E-state index in [4.69, 9.17) is 0 Å². The molecule has 5 heteroatoms. The minimum Gasteiger partial charge on any atom is -0.361 e. The molecule has 0 spiro atoms. The van der Waals surface area contributed by atoms with Gasteiger partial charge in [-0.1, -0.05) is 24.3 Å². The van der Waals surface area contributed by atoms with Crippen molar-refractivity contribution in [2.75, 3.05) is 6.54 Å². The maximum Gasteiger partial charge on any atom is 0.227 e. The zero-order chi connectivity index (χ0) is 21.1. The van der Waals surface area contributed by atoms with E-state index in [1.807, 2.05) is 37.4 Å². The first-order chi connectivity index (χ1) is 14.5. The topological polar surface area (TPSA) is 62.0 Å². The number of benzene rings is 2. The van der Waals surface area contributed by atoms with Gasteiger partial charge in [0.05, 0.1) is 5.92 Å². The number of amides is 1. The van der Waals surface area contributed by atoms with Crippen molar-refractivity contribution in [1.29, 1.82) is 0 Å². The average Bonchev–Trinajstić information content (AvgIpc) is 3.34. The van der Waals surface area contributed by atoms with Crippen molar-refractivity contribution in [3.63, 3.8) is 0 Å². The van der Waals surface area contributed by atoms with Crippen molar-refractivity contribution in [3.8, 4) is 0 Å². The largest absolute Gasteiger partial charge is 0.361 e. The number of H-pyrrole nitrogens is 1. The van der Waals surface area contributed by atoms with E-state index in [0.717, 1.165) is 46.9 Å². The van der Waals surface area contributed by atoms with Gasteiger partial charge in [-0.2, -0.15) is 0 Å². The lowest BCUT2D eigenvalue weighted by molar-refractivity contribution is -0.122. The number of carbonyl (C=O) groups excluding carboxylic acids is 2. The highest BCUT2D eigenvalue weighted by atomic mass is 19.1. The van der Waals surface area contributed by atoms with Crippen LogP contribution >= 0.6 is 0 Å². The maximum atomic E-state index is 13.5. The monoisotopic (exact) mass is 406 g/mol. The van der Waals surface area contributed by atoms with E-state index >= 15 is 0 Å². The molecule has 30 heavy (non-hydrogen) atoms. The third kappa shape index (κ3) is 4.45. The van der Waals surface area contributed by atoms with Crippen LogP contribution in [0.2, 0.25) is 0 Å². The number of halogens is 1. The zero-order valence-electron chi connectivity index (χ0n) is 17.2. The van der Waals surface area contributed by atoms with E-state index in [-0.39, 0.29) is 23.6 Å². The number of aromatic amines is 1. The Morgan fingerprint density at radius 2 is 2.03 bits per heavy atom. The van der Waals surface area contributed by atoms with Gasteiger partial charge in [-0.15, -0.1) is 0 Å². The van der Waals surface area contributed by atoms with Crippen molar-refractivity contribution in [3.05, 3.63) is 71.2 Å². The number of Topliss-reactive ketones (excluding diaryl/α,β-unsaturated/α-hetero) is 1. The zero-order valence-corrected chi connectivity index (χ0v) is 17.2. The molecule has 1 aliphatic carbocycles. The van der Waals surface area contributed by atoms with Gasteiger partial charge in [0, 0.05) is 36.0 Å². The van der Waals surface area contributed by atoms with Gasteiger partial charge in [0.2, 0.25) is 5.91 Å². The molecule has 1 saturated carbocycles. The van der Waals surface area contributed by atoms with Crippen LogP contribution in [0.4, 0.5) is 4.39 Å². The number of carbonyl (C=O) groups is 2. The molecule has 4 nitrogen and oxygen atoms in total. The van der Waals surface area contributed by atoms with E-state index in [0.29, 0.717) is 25.2 Å². The van der Waals surface area contributed by atoms with Gasteiger partial charge in [0.15, 0.2) is 0 Å². The second kappa shape index (κ2) is 8.82. The van der Waals surface area contributed by atoms with Gasteiger partial charge in [-0.3, -0.25) is 9.59 Å². The highest BCUT2D eigenvalue weighted by Crippen LogP contribution is 2.26. The summed E-state index contributed by atoms with van der Waals surface area (Å²) in [7, 11) is 0. The summed E-state index contributed by atoms with van der Waals surface area (Å²) in [6, 6.07) is 12.7. The number of hydrogen-bond acceptors (Lipinski definition) is 2. The molecule has 4 rings (SSSR count). The second-order valence-electron chi connectivity index (χ2n) is 8.27. The number of hydrogen-bond donors (Lipinski definition) is 2. The van der Waals surface area contributed by atoms with Crippen molar-refractivity contribution in [2.24, 2.45) is 5.92 Å². The Kier molecular flexibility index (Phi) is 5.98. The lowest BCUT2D eigenvalue weighted by atomic mass is 9.94. The lowest BCUT2D eigenvalue weighted by Gasteiger charge is -2.14. The Bertz CT molecular complexity index is 1050. The van der Waals surface area contributed by atoms with Crippen LogP contribution in [0.3, 0.4) is 0 Å². The summed E-state index contributed by atoms with van der Waals surface area (Å²) < 4.78 is 13.5. The third-order valence-corrected chi connectivity index (χ3v) is 6.21. The smallest absolute Gasteiger partial charge is 0.227 e. The first-order valence-electron chi connectivity index (χ1n) is 10.7. The minimum absolute atomic E-state index is 0.0280. The van der Waals surface area contributed by atoms with E-state index < -0.39 is 0 Å². The maximum absolute atomic E-state index is 13.5. The minimum atomic E-state index is -0.262. The van der Waals surface area contributed by atoms with Gasteiger partial charge in [-0.25, -0.2) is 4.39 Å². The number of aromatic nitrogens is 1. The quantitative estimate of drug-likeness (QED) is 0.598. The lowest BCUT2D eigenvalue weighted by Crippen LogP contribution is -2.29. The molecule has 2 aromatic carbocycles. The molecule has 1 heterocycles. The van der Waals surface area contributed by atoms with Gasteiger partial charge >= 0.3 is 0 Å². The van der Waals surface area contributed by atoms with Gasteiger partial charge in [-0.05, 0) is 67.5 Å². The summed E-state index contributed by atoms with van der Waals surface area (Å²) in [5.41, 5.74) is 4.00. The predicted octanol–water partition coefficient (Wildman–Crippen LogP) is 4.68. The normalized spacial score (nSPS) is 17.4. The molecule has 0 unspecified atom stereocenters. The fraction of sp³-hybridized carbons (Fsp3) is 0.360. The molecule has 1 amide bonds. The molecule has 0 saturated heterocycles. The van der Waals surface area contributed by atoms with E-state index in [1.54, 1.807) is 6.07 Å². The molecule has 1 aliphatic rings. The van der Waals surface area contributed by atoms with E-state index in [2.05, 4.69) is 10.3 Å². The first kappa shape index (κ1) is 20.3. The number of ketones is 1. The number of nitrogens with one attached hydrogen (secondary N) is 2. The molecule has 3 aromatic rings. The molecule has 0 bridgehead atoms. The SMILES string of the molecule is C[C@@H](C(=O)NCCc1c[nH]c2ccc(F)cc12)c1ccc(C[C@@H]2CCCC2=O)cc1. The highest BCUT2D eigenvalue weighted by Gasteiger charge is 2.24. The summed E-state index contributed by atoms with van der Waals surface area (Å²) >= 11 is 0. The summed E-state index contributed by atoms with van der Waals surface area (Å²) in [6.07, 6.45) is 6.01. The molecule has 2 N–H and O–H groups in total. The summed E-state index contributed by atoms with van der Waals surface area (Å²) in [5.74, 6) is -0.00612. The Balaban J connectivity index is 1.30. The summed E-state index contributed by atoms with van der Waals surface area (Å²) in [4.78, 5) is 27.6. The average molecular weight is 407 g/mol. The molecular formula is C25H27FN2O2. The predicted molar refractivity (Wildman–Crippen MR) is 116 cm³/mol. The molecule has 1 fully saturated rings. The van der Waals surface area contributed by atoms with Crippen molar-refractivity contribution in [2.45, 2.75) is 44.9 Å². The van der Waals surface area contributed by atoms with Gasteiger partial charge in [0.25, 0.3) is 0 Å². The Labute approximate surface area is 175 Å². The Morgan fingerprint density at radius 3 is 2.77 bits per heavy atom. The molecule has 156 valence electrons. The van der Waals surface area contributed by atoms with Crippen LogP contribution in [-0.4, -0.2) is 23.2 Å². The standard InChI is InChI=1S/C25H27FN2O2/c1-16(18-7-5-17(6-8-18)13-19-3-2-4-24(19)29)25(30)27-12-11-20-15-28-23-10-9-21(26)14-22(20)23/h5-10,14-16,19,28H,2-4,11-13H2,1H3,(H,27,30)/t16-,19+/m1/s1. The Morgan fingerprint density at radius 1 is 1.23 bits per heavy atom. The molecule has 0 radical (unpaired) electrons. The van der Waals surface area contributed by atoms with Crippen LogP contribution in [0.1, 0.15) is 48.8 Å². The van der Waals surface area contributed by atoms with Gasteiger partial charge < -0.3 is 10.3 Å². The van der Waals surface area contributed by atoms with Crippen LogP contribution in [0.15, 0.2) is 48.7 Å². The highest BCUT2D eigenvalue weighted by molar-refractivity contribution is 5.85. The molecule has 0 aliphatic heterocycles. The summed E-state index contributed by atoms with van der Waals surface area (Å²) in [6.45, 7) is 2.39. The molecular weight excluding hydrogens is 379 g/mol. The van der Waals surface area contributed by atoms with Crippen LogP contribution in [0, 0.1) is 11.7 Å². The second-order valence-corrected chi connectivity index (χ2v) is 8.27. The fourth-order valence-electron chi connectivity index (χ4n) is 4.31. The third-order valence-electron chi connectivity index (χ3n) is 6.21. The number of rotatable bonds is 7. The van der Waals surface area contributed by atoms with Crippen molar-refractivity contribution < 1.29 is 14.0 Å². The summed E-state index contributed by atoms with van der Waals surface area (Å²) in [5, 5.41) is 3.84.